The van der Waals surface area contributed by atoms with E-state index in [4.69, 9.17) is 11.6 Å². The summed E-state index contributed by atoms with van der Waals surface area (Å²) >= 11 is 2.86. The van der Waals surface area contributed by atoms with E-state index in [-0.39, 0.29) is 0 Å². The van der Waals surface area contributed by atoms with Crippen LogP contribution < -0.4 is 8.69 Å². The predicted octanol–water partition coefficient (Wildman–Crippen LogP) is 9.64. The summed E-state index contributed by atoms with van der Waals surface area (Å²) in [6, 6.07) is 5.32. The minimum absolute atomic E-state index is 0.372. The number of rotatable bonds is 20. The van der Waals surface area contributed by atoms with E-state index in [1.807, 2.05) is 6.07 Å². The van der Waals surface area contributed by atoms with Crippen molar-refractivity contribution in [2.45, 2.75) is 145 Å². The molecule has 208 valence electrons. The Morgan fingerprint density at radius 1 is 0.722 bits per heavy atom. The van der Waals surface area contributed by atoms with Gasteiger partial charge in [0.15, 0.2) is 0 Å². The Morgan fingerprint density at radius 2 is 1.11 bits per heavy atom. The fourth-order valence-electron chi connectivity index (χ4n) is 5.18. The van der Waals surface area contributed by atoms with Gasteiger partial charge in [-0.3, -0.25) is 0 Å². The first-order valence-corrected chi connectivity index (χ1v) is 29.1. The summed E-state index contributed by atoms with van der Waals surface area (Å²) in [5.41, 5.74) is 0.372. The molecule has 0 spiro atoms. The van der Waals surface area contributed by atoms with Crippen LogP contribution in [0.4, 0.5) is 0 Å². The summed E-state index contributed by atoms with van der Waals surface area (Å²) in [6.45, 7) is 13.6. The van der Waals surface area contributed by atoms with Crippen LogP contribution in [0.5, 0.6) is 0 Å². The quantitative estimate of drug-likeness (QED) is 0.125. The van der Waals surface area contributed by atoms with Gasteiger partial charge in [-0.25, -0.2) is 0 Å². The zero-order valence-electron chi connectivity index (χ0n) is 24.7. The molecule has 0 atom stereocenters. The van der Waals surface area contributed by atoms with Crippen LogP contribution in [0.25, 0.3) is 0 Å². The van der Waals surface area contributed by atoms with Gasteiger partial charge in [0.25, 0.3) is 0 Å². The average molecular weight is 735 g/mol. The van der Waals surface area contributed by atoms with Gasteiger partial charge in [-0.1, -0.05) is 0 Å². The molecular weight excluding hydrogens is 677 g/mol. The molecule has 1 aromatic rings. The van der Waals surface area contributed by atoms with Crippen molar-refractivity contribution in [1.29, 1.82) is 0 Å². The van der Waals surface area contributed by atoms with E-state index in [9.17, 15) is 9.90 Å². The molecule has 0 radical (unpaired) electrons. The van der Waals surface area contributed by atoms with Gasteiger partial charge in [0.05, 0.1) is 0 Å². The molecule has 0 saturated carbocycles. The Labute approximate surface area is 241 Å². The Morgan fingerprint density at radius 3 is 1.44 bits per heavy atom. The second kappa shape index (κ2) is 23.5. The van der Waals surface area contributed by atoms with Gasteiger partial charge in [0.2, 0.25) is 0 Å². The van der Waals surface area contributed by atoms with Gasteiger partial charge in [0.1, 0.15) is 0 Å². The molecule has 2 nitrogen and oxygen atoms in total. The fraction of sp³-hybridized carbons (Fsp3) is 0.774. The third-order valence-corrected chi connectivity index (χ3v) is 33.1. The SMILES string of the molecule is CCC[CH2][Sn+]([CH2]CCC)[CH2]CCC.CCC[CH2][Sn]([CH2]CCC)([CH2]CCC)[c]1c(Cl)cccc1C(=O)[O-]. The Hall–Kier alpha value is 0.577. The number of hydrogen-bond acceptors (Lipinski definition) is 2. The number of unbranched alkanes of at least 4 members (excludes halogenated alkanes) is 6. The van der Waals surface area contributed by atoms with Crippen LogP contribution in [-0.2, 0) is 0 Å². The van der Waals surface area contributed by atoms with Gasteiger partial charge >= 0.3 is 243 Å². The van der Waals surface area contributed by atoms with E-state index >= 15 is 0 Å². The zero-order valence-corrected chi connectivity index (χ0v) is 31.1. The summed E-state index contributed by atoms with van der Waals surface area (Å²) in [5.74, 6) is -1.06. The number of aromatic carboxylic acids is 1. The summed E-state index contributed by atoms with van der Waals surface area (Å²) in [5, 5.41) is 12.4. The van der Waals surface area contributed by atoms with Crippen molar-refractivity contribution < 1.29 is 9.90 Å². The van der Waals surface area contributed by atoms with Gasteiger partial charge in [0, 0.05) is 0 Å². The Kier molecular flexibility index (Phi) is 23.8. The first-order chi connectivity index (χ1) is 17.4. The number of halogens is 1. The second-order valence-electron chi connectivity index (χ2n) is 10.6. The molecule has 36 heavy (non-hydrogen) atoms. The Balaban J connectivity index is 0.000000802. The van der Waals surface area contributed by atoms with Gasteiger partial charge in [-0.15, -0.1) is 0 Å². The number of carboxylic acid groups (broad SMARTS) is 1. The third-order valence-electron chi connectivity index (χ3n) is 7.44. The Bertz CT molecular complexity index is 640. The molecule has 0 aromatic heterocycles. The number of carbonyl (C=O) groups is 1. The van der Waals surface area contributed by atoms with E-state index in [0.29, 0.717) is 10.6 Å². The van der Waals surface area contributed by atoms with E-state index in [0.717, 1.165) is 22.8 Å². The molecular formula is C31H57ClO2Sn2. The van der Waals surface area contributed by atoms with Crippen molar-refractivity contribution in [3.63, 3.8) is 0 Å². The standard InChI is InChI=1S/C7H4ClO2.6C4H9.2Sn/c8-6-3-1-2-5(4-6)7(9)10;6*1-3-4-2;;/h1-3H,(H,9,10);6*1,3-4H2,2H3;;/q;;;;;;;;+1/p-1. The van der Waals surface area contributed by atoms with E-state index in [1.54, 1.807) is 25.4 Å². The normalized spacial score (nSPS) is 11.2. The molecule has 0 bridgehead atoms. The fourth-order valence-corrected chi connectivity index (χ4v) is 33.1. The molecule has 0 unspecified atom stereocenters. The number of carboxylic acids is 1. The van der Waals surface area contributed by atoms with Crippen molar-refractivity contribution in [1.82, 2.24) is 0 Å². The van der Waals surface area contributed by atoms with Crippen molar-refractivity contribution in [2.24, 2.45) is 0 Å². The number of hydrogen-bond donors (Lipinski definition) is 0. The molecule has 0 aliphatic carbocycles. The molecule has 0 aliphatic heterocycles. The predicted molar refractivity (Wildman–Crippen MR) is 165 cm³/mol. The van der Waals surface area contributed by atoms with Crippen molar-refractivity contribution in [2.75, 3.05) is 0 Å². The van der Waals surface area contributed by atoms with Crippen LogP contribution in [0.2, 0.25) is 31.6 Å². The minimum atomic E-state index is -2.86. The monoisotopic (exact) mass is 736 g/mol. The van der Waals surface area contributed by atoms with Crippen LogP contribution in [-0.4, -0.2) is 44.1 Å². The first kappa shape index (κ1) is 36.6. The summed E-state index contributed by atoms with van der Waals surface area (Å²) in [7, 11) is 0. The van der Waals surface area contributed by atoms with E-state index < -0.39 is 44.1 Å². The molecule has 5 heteroatoms. The van der Waals surface area contributed by atoms with Crippen LogP contribution in [0.1, 0.15) is 129 Å². The topological polar surface area (TPSA) is 40.1 Å². The van der Waals surface area contributed by atoms with Crippen LogP contribution in [0, 0.1) is 0 Å². The molecule has 0 aliphatic rings. The molecule has 0 amide bonds. The van der Waals surface area contributed by atoms with Crippen molar-refractivity contribution in [3.05, 3.63) is 28.8 Å². The molecule has 1 rings (SSSR count). The van der Waals surface area contributed by atoms with Crippen molar-refractivity contribution >= 4 is 59.3 Å². The van der Waals surface area contributed by atoms with Crippen LogP contribution >= 0.6 is 11.6 Å². The van der Waals surface area contributed by atoms with E-state index in [2.05, 4.69) is 41.5 Å². The van der Waals surface area contributed by atoms with Crippen molar-refractivity contribution in [3.8, 4) is 0 Å². The molecule has 0 saturated heterocycles. The second-order valence-corrected chi connectivity index (χ2v) is 32.6. The summed E-state index contributed by atoms with van der Waals surface area (Å²) < 4.78 is 9.68. The van der Waals surface area contributed by atoms with Gasteiger partial charge in [-0.05, 0) is 0 Å². The van der Waals surface area contributed by atoms with Gasteiger partial charge < -0.3 is 0 Å². The molecule has 0 fully saturated rings. The third kappa shape index (κ3) is 14.7. The molecule has 1 aromatic carbocycles. The summed E-state index contributed by atoms with van der Waals surface area (Å²) in [6.07, 6.45) is 15.9. The number of carbonyl (C=O) groups excluding carboxylic acids is 1. The summed E-state index contributed by atoms with van der Waals surface area (Å²) in [4.78, 5) is 11.7. The first-order valence-electron chi connectivity index (χ1n) is 15.2. The zero-order chi connectivity index (χ0) is 27.2. The van der Waals surface area contributed by atoms with Crippen LogP contribution in [0.3, 0.4) is 0 Å². The molecule has 0 heterocycles. The molecule has 0 N–H and O–H groups in total. The number of benzene rings is 1. The average Bonchev–Trinajstić information content (AvgIpc) is 2.88. The van der Waals surface area contributed by atoms with E-state index in [1.165, 1.54) is 71.1 Å². The maximum absolute atomic E-state index is 11.7. The van der Waals surface area contributed by atoms with Crippen LogP contribution in [0.15, 0.2) is 18.2 Å². The van der Waals surface area contributed by atoms with Gasteiger partial charge in [-0.2, -0.15) is 0 Å². The maximum atomic E-state index is 11.7.